The first kappa shape index (κ1) is 21.1. The van der Waals surface area contributed by atoms with Crippen molar-refractivity contribution in [3.05, 3.63) is 11.7 Å². The number of hydrogen-bond donors (Lipinski definition) is 1. The monoisotopic (exact) mass is 471 g/mol. The first-order valence-electron chi connectivity index (χ1n) is 7.78. The zero-order valence-corrected chi connectivity index (χ0v) is 17.7. The number of aromatic nitrogens is 2. The first-order valence-corrected chi connectivity index (χ1v) is 9.43. The lowest BCUT2D eigenvalue weighted by Crippen LogP contribution is -2.57. The van der Waals surface area contributed by atoms with E-state index in [4.69, 9.17) is 4.52 Å². The number of aryl methyl sites for hydroxylation is 1. The Labute approximate surface area is 160 Å². The molecule has 0 spiro atoms. The summed E-state index contributed by atoms with van der Waals surface area (Å²) in [5.41, 5.74) is 0. The quantitative estimate of drug-likeness (QED) is 0.395. The highest BCUT2D eigenvalue weighted by Gasteiger charge is 2.40. The topological polar surface area (TPSA) is 101 Å². The first-order chi connectivity index (χ1) is 10.8. The van der Waals surface area contributed by atoms with Crippen LogP contribution in [0.5, 0.6) is 0 Å². The van der Waals surface area contributed by atoms with Crippen molar-refractivity contribution in [1.29, 1.82) is 0 Å². The van der Waals surface area contributed by atoms with E-state index in [0.29, 0.717) is 43.7 Å². The van der Waals surface area contributed by atoms with Gasteiger partial charge in [-0.25, -0.2) is 8.42 Å². The zero-order chi connectivity index (χ0) is 17.1. The Morgan fingerprint density at radius 3 is 2.71 bits per heavy atom. The minimum absolute atomic E-state index is 0. The Morgan fingerprint density at radius 2 is 2.17 bits per heavy atom. The van der Waals surface area contributed by atoms with Crippen LogP contribution in [0, 0.1) is 0 Å². The maximum absolute atomic E-state index is 12.1. The van der Waals surface area contributed by atoms with Crippen molar-refractivity contribution in [2.24, 2.45) is 4.99 Å². The molecule has 0 bridgehead atoms. The lowest BCUT2D eigenvalue weighted by Gasteiger charge is -2.39. The van der Waals surface area contributed by atoms with Crippen LogP contribution >= 0.6 is 24.0 Å². The third kappa shape index (κ3) is 4.80. The van der Waals surface area contributed by atoms with Crippen LogP contribution in [0.15, 0.2) is 9.52 Å². The third-order valence-electron chi connectivity index (χ3n) is 4.00. The summed E-state index contributed by atoms with van der Waals surface area (Å²) in [4.78, 5) is 10.5. The summed E-state index contributed by atoms with van der Waals surface area (Å²) in [6, 6.07) is 0. The Kier molecular flexibility index (Phi) is 7.44. The van der Waals surface area contributed by atoms with E-state index >= 15 is 0 Å². The molecule has 1 aliphatic rings. The normalized spacial score (nSPS) is 19.7. The second-order valence-corrected chi connectivity index (χ2v) is 8.92. The fourth-order valence-corrected chi connectivity index (χ4v) is 3.84. The number of rotatable bonds is 4. The van der Waals surface area contributed by atoms with Gasteiger partial charge in [0.25, 0.3) is 0 Å². The number of aliphatic imine (C=N–C) groups is 1. The smallest absolute Gasteiger partial charge is 0.226 e. The molecule has 0 saturated carbocycles. The molecule has 0 radical (unpaired) electrons. The van der Waals surface area contributed by atoms with E-state index in [1.165, 1.54) is 0 Å². The van der Waals surface area contributed by atoms with Crippen molar-refractivity contribution in [3.8, 4) is 0 Å². The fourth-order valence-electron chi connectivity index (χ4n) is 2.48. The predicted molar refractivity (Wildman–Crippen MR) is 104 cm³/mol. The molecular weight excluding hydrogens is 445 g/mol. The molecule has 1 saturated heterocycles. The molecule has 1 fully saturated rings. The highest BCUT2D eigenvalue weighted by atomic mass is 127. The van der Waals surface area contributed by atoms with Gasteiger partial charge < -0.3 is 14.7 Å². The fraction of sp³-hybridized carbons (Fsp3) is 0.786. The van der Waals surface area contributed by atoms with Gasteiger partial charge in [-0.1, -0.05) is 12.1 Å². The van der Waals surface area contributed by atoms with Gasteiger partial charge in [-0.3, -0.25) is 4.99 Å². The highest BCUT2D eigenvalue weighted by molar-refractivity contribution is 14.0. The maximum Gasteiger partial charge on any atom is 0.226 e. The summed E-state index contributed by atoms with van der Waals surface area (Å²) in [7, 11) is -1.36. The van der Waals surface area contributed by atoms with Gasteiger partial charge in [0.2, 0.25) is 5.89 Å². The van der Waals surface area contributed by atoms with Crippen LogP contribution < -0.4 is 5.32 Å². The van der Waals surface area contributed by atoms with Crippen LogP contribution in [-0.2, 0) is 22.7 Å². The molecule has 2 rings (SSSR count). The molecule has 1 aromatic rings. The van der Waals surface area contributed by atoms with E-state index in [0.717, 1.165) is 6.42 Å². The summed E-state index contributed by atoms with van der Waals surface area (Å²) in [6.45, 7) is 6.97. The Morgan fingerprint density at radius 1 is 1.46 bits per heavy atom. The van der Waals surface area contributed by atoms with Gasteiger partial charge in [0.15, 0.2) is 21.6 Å². The van der Waals surface area contributed by atoms with Crippen molar-refractivity contribution in [1.82, 2.24) is 20.4 Å². The van der Waals surface area contributed by atoms with Crippen molar-refractivity contribution < 1.29 is 12.9 Å². The van der Waals surface area contributed by atoms with E-state index in [9.17, 15) is 8.42 Å². The SMILES string of the molecule is CCc1nc(CCNC(=NC)N2CCS(=O)(=O)C(C)(C)C2)no1.I. The molecule has 0 atom stereocenters. The van der Waals surface area contributed by atoms with Crippen LogP contribution in [0.25, 0.3) is 0 Å². The van der Waals surface area contributed by atoms with Crippen LogP contribution in [-0.4, -0.2) is 66.6 Å². The van der Waals surface area contributed by atoms with Crippen LogP contribution in [0.1, 0.15) is 32.5 Å². The number of nitrogens with zero attached hydrogens (tertiary/aromatic N) is 4. The van der Waals surface area contributed by atoms with Crippen LogP contribution in [0.3, 0.4) is 0 Å². The largest absolute Gasteiger partial charge is 0.356 e. The summed E-state index contributed by atoms with van der Waals surface area (Å²) >= 11 is 0. The van der Waals surface area contributed by atoms with Crippen LogP contribution in [0.2, 0.25) is 0 Å². The maximum atomic E-state index is 12.1. The molecule has 0 aromatic carbocycles. The lowest BCUT2D eigenvalue weighted by atomic mass is 10.2. The summed E-state index contributed by atoms with van der Waals surface area (Å²) in [6.07, 6.45) is 1.34. The van der Waals surface area contributed by atoms with Gasteiger partial charge in [0, 0.05) is 39.5 Å². The van der Waals surface area contributed by atoms with Gasteiger partial charge in [0.05, 0.1) is 10.5 Å². The lowest BCUT2D eigenvalue weighted by molar-refractivity contribution is 0.353. The van der Waals surface area contributed by atoms with Crippen molar-refractivity contribution >= 4 is 39.8 Å². The molecule has 10 heteroatoms. The molecule has 1 N–H and O–H groups in total. The van der Waals surface area contributed by atoms with E-state index in [2.05, 4.69) is 20.4 Å². The molecule has 1 aliphatic heterocycles. The summed E-state index contributed by atoms with van der Waals surface area (Å²) in [5, 5.41) is 7.14. The van der Waals surface area contributed by atoms with Gasteiger partial charge in [-0.05, 0) is 13.8 Å². The number of guanidine groups is 1. The molecule has 0 unspecified atom stereocenters. The molecule has 24 heavy (non-hydrogen) atoms. The molecule has 1 aromatic heterocycles. The number of nitrogens with one attached hydrogen (secondary N) is 1. The number of halogens is 1. The second kappa shape index (κ2) is 8.45. The molecule has 0 aliphatic carbocycles. The van der Waals surface area contributed by atoms with Gasteiger partial charge >= 0.3 is 0 Å². The Hall–Kier alpha value is -0.910. The molecule has 0 amide bonds. The highest BCUT2D eigenvalue weighted by Crippen LogP contribution is 2.23. The van der Waals surface area contributed by atoms with Gasteiger partial charge in [-0.15, -0.1) is 24.0 Å². The van der Waals surface area contributed by atoms with Crippen molar-refractivity contribution in [3.63, 3.8) is 0 Å². The van der Waals surface area contributed by atoms with Gasteiger partial charge in [0.1, 0.15) is 0 Å². The number of hydrogen-bond acceptors (Lipinski definition) is 6. The average Bonchev–Trinajstić information content (AvgIpc) is 2.95. The standard InChI is InChI=1S/C14H25N5O3S.HI/c1-5-12-17-11(18-22-12)6-7-16-13(15-4)19-8-9-23(20,21)14(2,3)10-19;/h5-10H2,1-4H3,(H,15,16);1H. The second-order valence-electron chi connectivity index (χ2n) is 6.18. The Balaban J connectivity index is 0.00000288. The van der Waals surface area contributed by atoms with Gasteiger partial charge in [-0.2, -0.15) is 4.98 Å². The molecule has 2 heterocycles. The van der Waals surface area contributed by atoms with Crippen molar-refractivity contribution in [2.75, 3.05) is 32.4 Å². The predicted octanol–water partition coefficient (Wildman–Crippen LogP) is 0.877. The van der Waals surface area contributed by atoms with E-state index in [1.807, 2.05) is 11.8 Å². The third-order valence-corrected chi connectivity index (χ3v) is 6.53. The minimum atomic E-state index is -3.06. The molecule has 8 nitrogen and oxygen atoms in total. The number of sulfone groups is 1. The molecule has 138 valence electrons. The van der Waals surface area contributed by atoms with Crippen molar-refractivity contribution in [2.45, 2.75) is 38.4 Å². The molecular formula is C14H26IN5O3S. The van der Waals surface area contributed by atoms with Crippen LogP contribution in [0.4, 0.5) is 0 Å². The van der Waals surface area contributed by atoms with E-state index < -0.39 is 14.6 Å². The van der Waals surface area contributed by atoms with E-state index in [-0.39, 0.29) is 29.7 Å². The Bertz CT molecular complexity index is 672. The van der Waals surface area contributed by atoms with E-state index in [1.54, 1.807) is 20.9 Å². The zero-order valence-electron chi connectivity index (χ0n) is 14.6. The minimum Gasteiger partial charge on any atom is -0.356 e. The average molecular weight is 471 g/mol. The summed E-state index contributed by atoms with van der Waals surface area (Å²) < 4.78 is 28.4. The summed E-state index contributed by atoms with van der Waals surface area (Å²) in [5.74, 6) is 2.14.